The minimum Gasteiger partial charge on any atom is -0.201 e. The number of hydrogen-bond donors (Lipinski definition) is 0. The van der Waals surface area contributed by atoms with Crippen LogP contribution in [0.2, 0.25) is 0 Å². The third-order valence-corrected chi connectivity index (χ3v) is 4.62. The van der Waals surface area contributed by atoms with Crippen molar-refractivity contribution in [1.29, 1.82) is 0 Å². The molecule has 0 unspecified atom stereocenters. The second-order valence-corrected chi connectivity index (χ2v) is 8.23. The van der Waals surface area contributed by atoms with Crippen LogP contribution in [0.25, 0.3) is 22.4 Å². The zero-order chi connectivity index (χ0) is 29.9. The molecule has 0 aliphatic heterocycles. The molecule has 0 N–H and O–H groups in total. The summed E-state index contributed by atoms with van der Waals surface area (Å²) in [7, 11) is 1.68. The molecule has 0 bridgehead atoms. The Labute approximate surface area is 186 Å². The van der Waals surface area contributed by atoms with Gasteiger partial charge in [-0.15, -0.1) is 0 Å². The maximum Gasteiger partial charge on any atom is 0.213 e. The van der Waals surface area contributed by atoms with Crippen molar-refractivity contribution >= 4 is 0 Å². The summed E-state index contributed by atoms with van der Waals surface area (Å²) in [5.74, 6) is 0. The first kappa shape index (κ1) is 10.4. The highest BCUT2D eigenvalue weighted by Crippen LogP contribution is 2.34. The van der Waals surface area contributed by atoms with Crippen molar-refractivity contribution in [2.24, 2.45) is 12.5 Å². The number of pyridine rings is 1. The highest BCUT2D eigenvalue weighted by atomic mass is 14.9. The van der Waals surface area contributed by atoms with Crippen LogP contribution in [0.3, 0.4) is 0 Å². The van der Waals surface area contributed by atoms with Crippen LogP contribution in [0.15, 0.2) is 48.7 Å². The summed E-state index contributed by atoms with van der Waals surface area (Å²) in [6.07, 6.45) is -0.702. The summed E-state index contributed by atoms with van der Waals surface area (Å²) in [6.45, 7) is -1.62. The molecular weight excluding hydrogens is 338 g/mol. The van der Waals surface area contributed by atoms with Crippen LogP contribution >= 0.6 is 0 Å². The summed E-state index contributed by atoms with van der Waals surface area (Å²) in [4.78, 5) is 0. The Kier molecular flexibility index (Phi) is 2.80. The van der Waals surface area contributed by atoms with Gasteiger partial charge in [-0.25, -0.2) is 4.57 Å². The highest BCUT2D eigenvalue weighted by Gasteiger charge is 2.19. The Hall–Kier alpha value is -2.41. The van der Waals surface area contributed by atoms with Gasteiger partial charge in [0.2, 0.25) is 5.69 Å². The van der Waals surface area contributed by atoms with Crippen LogP contribution in [0.1, 0.15) is 63.7 Å². The molecule has 1 aromatic heterocycles. The predicted octanol–water partition coefficient (Wildman–Crippen LogP) is 6.67. The lowest BCUT2D eigenvalue weighted by Crippen LogP contribution is -2.31. The molecule has 146 valence electrons. The SMILES string of the molecule is [2H]C([2H])([2H])c1c[n+](C)c(-c2ccccc2C)cc1-c1c(C([2H])([2H])[2H])cc(C([2H])([2H])C(C)(C)C)cc1C([2H])([2H])[2H]. The van der Waals surface area contributed by atoms with E-state index in [9.17, 15) is 0 Å². The smallest absolute Gasteiger partial charge is 0.201 e. The molecule has 0 atom stereocenters. The number of aromatic nitrogens is 1. The Morgan fingerprint density at radius 3 is 2.11 bits per heavy atom. The van der Waals surface area contributed by atoms with Crippen LogP contribution in [-0.2, 0) is 13.4 Å². The van der Waals surface area contributed by atoms with Gasteiger partial charge in [0, 0.05) is 32.3 Å². The van der Waals surface area contributed by atoms with Gasteiger partial charge in [0.05, 0.1) is 0 Å². The molecule has 0 amide bonds. The molecule has 3 aromatic rings. The fourth-order valence-corrected chi connectivity index (χ4v) is 3.42. The van der Waals surface area contributed by atoms with Crippen molar-refractivity contribution in [3.63, 3.8) is 0 Å². The minimum atomic E-state index is -2.87. The first-order valence-corrected chi connectivity index (χ1v) is 9.28. The van der Waals surface area contributed by atoms with E-state index in [1.165, 1.54) is 24.4 Å². The van der Waals surface area contributed by atoms with Gasteiger partial charge in [-0.2, -0.15) is 0 Å². The minimum absolute atomic E-state index is 0.0357. The molecular formula is C27H34N+. The number of hydrogen-bond acceptors (Lipinski definition) is 0. The second-order valence-electron chi connectivity index (χ2n) is 8.23. The molecule has 0 spiro atoms. The maximum absolute atomic E-state index is 8.74. The standard InChI is InChI=1S/C27H34N/c1-18-11-9-10-12-23(18)25-15-24(21(4)17-28(25)8)26-19(2)13-22(14-20(26)3)16-27(5,6)7/h9-15,17H,16H2,1-8H3/q+1/i2D3,3D3,4D3,16D2. The van der Waals surface area contributed by atoms with E-state index in [0.717, 1.165) is 11.1 Å². The van der Waals surface area contributed by atoms with Crippen molar-refractivity contribution in [3.05, 3.63) is 76.5 Å². The van der Waals surface area contributed by atoms with E-state index >= 15 is 0 Å². The lowest BCUT2D eigenvalue weighted by atomic mass is 9.84. The summed E-state index contributed by atoms with van der Waals surface area (Å²) >= 11 is 0. The Morgan fingerprint density at radius 1 is 0.893 bits per heavy atom. The monoisotopic (exact) mass is 383 g/mol. The predicted molar refractivity (Wildman–Crippen MR) is 121 cm³/mol. The van der Waals surface area contributed by atoms with Crippen molar-refractivity contribution in [1.82, 2.24) is 0 Å². The van der Waals surface area contributed by atoms with E-state index < -0.39 is 43.5 Å². The number of nitrogens with zero attached hydrogens (tertiary/aromatic N) is 1. The Morgan fingerprint density at radius 2 is 1.54 bits per heavy atom. The van der Waals surface area contributed by atoms with Crippen LogP contribution in [0, 0.1) is 32.9 Å². The molecule has 0 saturated heterocycles. The summed E-state index contributed by atoms with van der Waals surface area (Å²) < 4.78 is 93.7. The van der Waals surface area contributed by atoms with Crippen LogP contribution in [0.4, 0.5) is 0 Å². The number of benzene rings is 2. The fourth-order valence-electron chi connectivity index (χ4n) is 3.42. The average molecular weight is 384 g/mol. The molecule has 0 saturated carbocycles. The molecule has 0 fully saturated rings. The van der Waals surface area contributed by atoms with Crippen molar-refractivity contribution in [2.75, 3.05) is 0 Å². The lowest BCUT2D eigenvalue weighted by molar-refractivity contribution is -0.660. The molecule has 28 heavy (non-hydrogen) atoms. The summed E-state index contributed by atoms with van der Waals surface area (Å²) in [5.41, 5.74) is -0.142. The zero-order valence-corrected chi connectivity index (χ0v) is 17.1. The van der Waals surface area contributed by atoms with Gasteiger partial charge in [-0.05, 0) is 78.7 Å². The largest absolute Gasteiger partial charge is 0.213 e. The molecule has 0 aliphatic rings. The van der Waals surface area contributed by atoms with Gasteiger partial charge in [0.1, 0.15) is 7.05 Å². The van der Waals surface area contributed by atoms with E-state index in [2.05, 4.69) is 0 Å². The van der Waals surface area contributed by atoms with E-state index in [0.29, 0.717) is 5.69 Å². The van der Waals surface area contributed by atoms with Gasteiger partial charge >= 0.3 is 0 Å². The van der Waals surface area contributed by atoms with Gasteiger partial charge in [-0.3, -0.25) is 0 Å². The molecule has 2 aromatic carbocycles. The van der Waals surface area contributed by atoms with Gasteiger partial charge < -0.3 is 0 Å². The molecule has 1 heteroatoms. The van der Waals surface area contributed by atoms with E-state index in [-0.39, 0.29) is 22.3 Å². The highest BCUT2D eigenvalue weighted by molar-refractivity contribution is 5.77. The molecule has 0 radical (unpaired) electrons. The van der Waals surface area contributed by atoms with Gasteiger partial charge in [-0.1, -0.05) is 51.1 Å². The average Bonchev–Trinajstić information content (AvgIpc) is 2.76. The van der Waals surface area contributed by atoms with Crippen molar-refractivity contribution < 1.29 is 19.6 Å². The maximum atomic E-state index is 8.74. The van der Waals surface area contributed by atoms with E-state index in [4.69, 9.17) is 15.1 Å². The van der Waals surface area contributed by atoms with Crippen LogP contribution < -0.4 is 4.57 Å². The normalized spacial score (nSPS) is 19.4. The van der Waals surface area contributed by atoms with Crippen LogP contribution in [-0.4, -0.2) is 0 Å². The molecule has 0 aliphatic carbocycles. The van der Waals surface area contributed by atoms with Gasteiger partial charge in [0.25, 0.3) is 0 Å². The van der Waals surface area contributed by atoms with Crippen molar-refractivity contribution in [2.45, 2.75) is 54.6 Å². The first-order chi connectivity index (χ1) is 17.5. The summed E-state index contributed by atoms with van der Waals surface area (Å²) in [5, 5.41) is 0. The Balaban J connectivity index is 2.62. The fraction of sp³-hybridized carbons (Fsp3) is 0.370. The summed E-state index contributed by atoms with van der Waals surface area (Å²) in [6, 6.07) is 11.3. The van der Waals surface area contributed by atoms with Gasteiger partial charge in [0.15, 0.2) is 6.20 Å². The van der Waals surface area contributed by atoms with Crippen LogP contribution in [0.5, 0.6) is 0 Å². The quantitative estimate of drug-likeness (QED) is 0.445. The van der Waals surface area contributed by atoms with Crippen molar-refractivity contribution in [3.8, 4) is 22.4 Å². The molecule has 3 rings (SSSR count). The van der Waals surface area contributed by atoms with E-state index in [1.807, 2.05) is 31.2 Å². The second kappa shape index (κ2) is 7.54. The number of rotatable bonds is 3. The first-order valence-electron chi connectivity index (χ1n) is 14.8. The topological polar surface area (TPSA) is 3.88 Å². The third-order valence-electron chi connectivity index (χ3n) is 4.62. The lowest BCUT2D eigenvalue weighted by Gasteiger charge is -2.21. The molecule has 1 heterocycles. The Bertz CT molecular complexity index is 1350. The molecule has 1 nitrogen and oxygen atoms in total. The van der Waals surface area contributed by atoms with E-state index in [1.54, 1.807) is 32.4 Å². The third kappa shape index (κ3) is 4.19. The zero-order valence-electron chi connectivity index (χ0n) is 28.1. The number of aryl methyl sites for hydroxylation is 5.